The molecule has 1 aromatic carbocycles. The molecule has 1 fully saturated rings. The van der Waals surface area contributed by atoms with Gasteiger partial charge in [0.25, 0.3) is 0 Å². The van der Waals surface area contributed by atoms with Gasteiger partial charge in [0, 0.05) is 24.4 Å². The molecule has 2 atom stereocenters. The monoisotopic (exact) mass is 282 g/mol. The van der Waals surface area contributed by atoms with E-state index in [1.807, 2.05) is 13.8 Å². The van der Waals surface area contributed by atoms with Crippen LogP contribution in [0, 0.1) is 23.5 Å². The Morgan fingerprint density at radius 2 is 2.10 bits per heavy atom. The summed E-state index contributed by atoms with van der Waals surface area (Å²) >= 11 is 0. The number of hydrogen-bond donors (Lipinski definition) is 2. The summed E-state index contributed by atoms with van der Waals surface area (Å²) in [5.74, 6) is -1.01. The van der Waals surface area contributed by atoms with E-state index in [2.05, 4.69) is 10.6 Å². The van der Waals surface area contributed by atoms with Gasteiger partial charge in [-0.2, -0.15) is 0 Å². The molecule has 2 unspecified atom stereocenters. The molecule has 1 aliphatic heterocycles. The molecule has 3 nitrogen and oxygen atoms in total. The van der Waals surface area contributed by atoms with E-state index in [4.69, 9.17) is 0 Å². The van der Waals surface area contributed by atoms with Crippen molar-refractivity contribution in [1.29, 1.82) is 0 Å². The minimum absolute atomic E-state index is 0.00845. The van der Waals surface area contributed by atoms with Gasteiger partial charge in [0.2, 0.25) is 5.91 Å². The van der Waals surface area contributed by atoms with Gasteiger partial charge >= 0.3 is 0 Å². The summed E-state index contributed by atoms with van der Waals surface area (Å²) in [6.45, 7) is 5.81. The van der Waals surface area contributed by atoms with Crippen LogP contribution in [-0.2, 0) is 4.79 Å². The summed E-state index contributed by atoms with van der Waals surface area (Å²) in [5, 5.41) is 5.98. The van der Waals surface area contributed by atoms with Gasteiger partial charge in [0.05, 0.1) is 0 Å². The second-order valence-corrected chi connectivity index (χ2v) is 5.52. The Hall–Kier alpha value is -1.49. The fourth-order valence-electron chi connectivity index (χ4n) is 2.30. The van der Waals surface area contributed by atoms with E-state index < -0.39 is 11.6 Å². The Morgan fingerprint density at radius 3 is 2.65 bits per heavy atom. The molecule has 0 bridgehead atoms. The first-order chi connectivity index (χ1) is 9.49. The van der Waals surface area contributed by atoms with E-state index in [1.165, 1.54) is 12.1 Å². The van der Waals surface area contributed by atoms with Crippen molar-refractivity contribution in [2.75, 3.05) is 19.6 Å². The second kappa shape index (κ2) is 6.31. The lowest BCUT2D eigenvalue weighted by Crippen LogP contribution is -2.49. The first-order valence-corrected chi connectivity index (χ1v) is 6.92. The number of carbonyl (C=O) groups is 1. The zero-order chi connectivity index (χ0) is 14.7. The van der Waals surface area contributed by atoms with E-state index in [9.17, 15) is 13.6 Å². The molecule has 1 aliphatic rings. The number of rotatable bonds is 5. The zero-order valence-corrected chi connectivity index (χ0v) is 11.7. The fourth-order valence-corrected chi connectivity index (χ4v) is 2.30. The molecule has 1 amide bonds. The molecule has 2 rings (SSSR count). The SMILES string of the molecule is CC(CNC(=O)C(C)C1CNC1)c1ccc(F)cc1F. The van der Waals surface area contributed by atoms with Crippen molar-refractivity contribution >= 4 is 5.91 Å². The minimum Gasteiger partial charge on any atom is -0.355 e. The van der Waals surface area contributed by atoms with Gasteiger partial charge in [-0.15, -0.1) is 0 Å². The Balaban J connectivity index is 1.87. The molecule has 0 radical (unpaired) electrons. The number of amides is 1. The van der Waals surface area contributed by atoms with E-state index >= 15 is 0 Å². The maximum atomic E-state index is 13.6. The lowest BCUT2D eigenvalue weighted by molar-refractivity contribution is -0.126. The Labute approximate surface area is 117 Å². The highest BCUT2D eigenvalue weighted by Crippen LogP contribution is 2.20. The summed E-state index contributed by atoms with van der Waals surface area (Å²) < 4.78 is 26.5. The van der Waals surface area contributed by atoms with Gasteiger partial charge in [-0.3, -0.25) is 4.79 Å². The topological polar surface area (TPSA) is 41.1 Å². The van der Waals surface area contributed by atoms with Crippen LogP contribution in [0.25, 0.3) is 0 Å². The summed E-state index contributed by atoms with van der Waals surface area (Å²) in [4.78, 5) is 12.0. The van der Waals surface area contributed by atoms with Crippen molar-refractivity contribution < 1.29 is 13.6 Å². The average Bonchev–Trinajstić information content (AvgIpc) is 2.33. The number of carbonyl (C=O) groups excluding carboxylic acids is 1. The quantitative estimate of drug-likeness (QED) is 0.867. The molecule has 0 aliphatic carbocycles. The highest BCUT2D eigenvalue weighted by atomic mass is 19.1. The van der Waals surface area contributed by atoms with Crippen LogP contribution in [0.2, 0.25) is 0 Å². The molecule has 2 N–H and O–H groups in total. The van der Waals surface area contributed by atoms with Crippen molar-refractivity contribution in [3.63, 3.8) is 0 Å². The number of nitrogens with one attached hydrogen (secondary N) is 2. The van der Waals surface area contributed by atoms with Crippen LogP contribution in [-0.4, -0.2) is 25.5 Å². The molecule has 1 saturated heterocycles. The van der Waals surface area contributed by atoms with Gasteiger partial charge in [0.15, 0.2) is 0 Å². The van der Waals surface area contributed by atoms with Gasteiger partial charge in [-0.25, -0.2) is 8.78 Å². The predicted octanol–water partition coefficient (Wildman–Crippen LogP) is 2.04. The standard InChI is InChI=1S/C15H20F2N2O/c1-9(13-4-3-12(16)5-14(13)17)6-19-15(20)10(2)11-7-18-8-11/h3-5,9-11,18H,6-8H2,1-2H3,(H,19,20). The molecule has 1 heterocycles. The van der Waals surface area contributed by atoms with Crippen LogP contribution in [0.4, 0.5) is 8.78 Å². The van der Waals surface area contributed by atoms with Crippen molar-refractivity contribution in [3.05, 3.63) is 35.4 Å². The third-order valence-corrected chi connectivity index (χ3v) is 4.01. The third kappa shape index (κ3) is 3.33. The van der Waals surface area contributed by atoms with Gasteiger partial charge < -0.3 is 10.6 Å². The lowest BCUT2D eigenvalue weighted by atomic mass is 9.88. The first-order valence-electron chi connectivity index (χ1n) is 6.92. The normalized spacial score (nSPS) is 18.2. The van der Waals surface area contributed by atoms with Gasteiger partial charge in [-0.1, -0.05) is 19.9 Å². The van der Waals surface area contributed by atoms with Crippen LogP contribution in [0.15, 0.2) is 18.2 Å². The Bertz CT molecular complexity index is 489. The molecule has 0 aromatic heterocycles. The summed E-state index contributed by atoms with van der Waals surface area (Å²) in [7, 11) is 0. The van der Waals surface area contributed by atoms with Crippen molar-refractivity contribution in [1.82, 2.24) is 10.6 Å². The van der Waals surface area contributed by atoms with Crippen molar-refractivity contribution in [2.24, 2.45) is 11.8 Å². The molecule has 5 heteroatoms. The maximum Gasteiger partial charge on any atom is 0.223 e. The van der Waals surface area contributed by atoms with E-state index in [0.717, 1.165) is 19.2 Å². The van der Waals surface area contributed by atoms with Crippen LogP contribution in [0.3, 0.4) is 0 Å². The maximum absolute atomic E-state index is 13.6. The second-order valence-electron chi connectivity index (χ2n) is 5.52. The Morgan fingerprint density at radius 1 is 1.40 bits per heavy atom. The third-order valence-electron chi connectivity index (χ3n) is 4.01. The zero-order valence-electron chi connectivity index (χ0n) is 11.7. The molecule has 0 saturated carbocycles. The minimum atomic E-state index is -0.589. The highest BCUT2D eigenvalue weighted by Gasteiger charge is 2.28. The van der Waals surface area contributed by atoms with Crippen LogP contribution in [0.5, 0.6) is 0 Å². The van der Waals surface area contributed by atoms with E-state index in [-0.39, 0.29) is 17.7 Å². The van der Waals surface area contributed by atoms with Crippen molar-refractivity contribution in [3.8, 4) is 0 Å². The summed E-state index contributed by atoms with van der Waals surface area (Å²) in [5.41, 5.74) is 0.421. The number of benzene rings is 1. The molecule has 110 valence electrons. The number of halogens is 2. The van der Waals surface area contributed by atoms with Gasteiger partial charge in [-0.05, 0) is 30.6 Å². The molecule has 20 heavy (non-hydrogen) atoms. The van der Waals surface area contributed by atoms with Gasteiger partial charge in [0.1, 0.15) is 11.6 Å². The molecular weight excluding hydrogens is 262 g/mol. The van der Waals surface area contributed by atoms with Crippen LogP contribution >= 0.6 is 0 Å². The Kier molecular flexibility index (Phi) is 4.70. The molecule has 1 aromatic rings. The average molecular weight is 282 g/mol. The lowest BCUT2D eigenvalue weighted by Gasteiger charge is -2.32. The molecule has 0 spiro atoms. The molecular formula is C15H20F2N2O. The smallest absolute Gasteiger partial charge is 0.223 e. The van der Waals surface area contributed by atoms with Crippen LogP contribution in [0.1, 0.15) is 25.3 Å². The predicted molar refractivity (Wildman–Crippen MR) is 73.3 cm³/mol. The van der Waals surface area contributed by atoms with E-state index in [0.29, 0.717) is 18.0 Å². The largest absolute Gasteiger partial charge is 0.355 e. The summed E-state index contributed by atoms with van der Waals surface area (Å²) in [6, 6.07) is 3.54. The summed E-state index contributed by atoms with van der Waals surface area (Å²) in [6.07, 6.45) is 0. The van der Waals surface area contributed by atoms with E-state index in [1.54, 1.807) is 0 Å². The highest BCUT2D eigenvalue weighted by molar-refractivity contribution is 5.78. The van der Waals surface area contributed by atoms with Crippen LogP contribution < -0.4 is 10.6 Å². The number of hydrogen-bond acceptors (Lipinski definition) is 2. The van der Waals surface area contributed by atoms with Crippen molar-refractivity contribution in [2.45, 2.75) is 19.8 Å². The first kappa shape index (κ1) is 14.9. The fraction of sp³-hybridized carbons (Fsp3) is 0.533.